The number of esters is 1. The number of aliphatic carboxylic acids is 1. The van der Waals surface area contributed by atoms with Crippen molar-refractivity contribution >= 4 is 11.9 Å². The zero-order chi connectivity index (χ0) is 18.2. The highest BCUT2D eigenvalue weighted by molar-refractivity contribution is 5.90. The molecule has 138 valence electrons. The van der Waals surface area contributed by atoms with E-state index in [2.05, 4.69) is 13.8 Å². The Kier molecular flexibility index (Phi) is 8.51. The van der Waals surface area contributed by atoms with Crippen LogP contribution in [0.1, 0.15) is 79.1 Å². The summed E-state index contributed by atoms with van der Waals surface area (Å²) >= 11 is 0. The molecular weight excluding hydrogens is 304 g/mol. The summed E-state index contributed by atoms with van der Waals surface area (Å²) < 4.78 is 5.56. The summed E-state index contributed by atoms with van der Waals surface area (Å²) in [5.74, 6) is 0.551. The molecule has 0 radical (unpaired) electrons. The summed E-state index contributed by atoms with van der Waals surface area (Å²) in [5, 5.41) is 8.59. The molecule has 0 amide bonds. The van der Waals surface area contributed by atoms with E-state index in [1.807, 2.05) is 13.8 Å². The molecule has 4 nitrogen and oxygen atoms in total. The van der Waals surface area contributed by atoms with Gasteiger partial charge in [-0.25, -0.2) is 9.59 Å². The first-order valence-electron chi connectivity index (χ1n) is 9.43. The third-order valence-corrected chi connectivity index (χ3v) is 5.62. The largest absolute Gasteiger partial charge is 0.478 e. The van der Waals surface area contributed by atoms with Gasteiger partial charge in [-0.1, -0.05) is 46.5 Å². The van der Waals surface area contributed by atoms with Crippen LogP contribution in [-0.2, 0) is 14.3 Å². The van der Waals surface area contributed by atoms with Crippen molar-refractivity contribution in [2.45, 2.75) is 84.7 Å². The molecule has 24 heavy (non-hydrogen) atoms. The van der Waals surface area contributed by atoms with Crippen LogP contribution in [0.3, 0.4) is 0 Å². The number of ether oxygens (including phenoxy) is 1. The predicted molar refractivity (Wildman–Crippen MR) is 95.7 cm³/mol. The van der Waals surface area contributed by atoms with Crippen molar-refractivity contribution in [3.05, 3.63) is 12.2 Å². The van der Waals surface area contributed by atoms with E-state index < -0.39 is 17.5 Å². The van der Waals surface area contributed by atoms with E-state index in [9.17, 15) is 9.59 Å². The topological polar surface area (TPSA) is 63.6 Å². The van der Waals surface area contributed by atoms with Crippen molar-refractivity contribution in [3.8, 4) is 0 Å². The van der Waals surface area contributed by atoms with Crippen LogP contribution in [0.4, 0.5) is 0 Å². The highest BCUT2D eigenvalue weighted by atomic mass is 16.6. The van der Waals surface area contributed by atoms with Crippen molar-refractivity contribution in [3.63, 3.8) is 0 Å². The van der Waals surface area contributed by atoms with Crippen molar-refractivity contribution in [1.29, 1.82) is 0 Å². The van der Waals surface area contributed by atoms with Crippen LogP contribution >= 0.6 is 0 Å². The Labute approximate surface area is 146 Å². The lowest BCUT2D eigenvalue weighted by Crippen LogP contribution is -2.34. The van der Waals surface area contributed by atoms with Gasteiger partial charge in [-0.15, -0.1) is 0 Å². The summed E-state index contributed by atoms with van der Waals surface area (Å²) in [6, 6.07) is 0. The maximum absolute atomic E-state index is 11.8. The van der Waals surface area contributed by atoms with Crippen molar-refractivity contribution < 1.29 is 19.4 Å². The SMILES string of the molecule is CCCC(C)C1CCC(CC(C)(CC)OC(=O)/C=C/C(=O)O)CC1. The van der Waals surface area contributed by atoms with Gasteiger partial charge in [0.15, 0.2) is 0 Å². The molecule has 1 saturated carbocycles. The molecular formula is C20H34O4. The number of hydrogen-bond donors (Lipinski definition) is 1. The van der Waals surface area contributed by atoms with E-state index in [-0.39, 0.29) is 0 Å². The zero-order valence-electron chi connectivity index (χ0n) is 15.7. The fourth-order valence-electron chi connectivity index (χ4n) is 3.94. The van der Waals surface area contributed by atoms with Gasteiger partial charge in [0.05, 0.1) is 0 Å². The molecule has 2 unspecified atom stereocenters. The second-order valence-corrected chi connectivity index (χ2v) is 7.65. The molecule has 0 aromatic heterocycles. The fourth-order valence-corrected chi connectivity index (χ4v) is 3.94. The highest BCUT2D eigenvalue weighted by Crippen LogP contribution is 2.39. The van der Waals surface area contributed by atoms with E-state index in [0.717, 1.165) is 36.8 Å². The molecule has 1 aliphatic rings. The van der Waals surface area contributed by atoms with Gasteiger partial charge >= 0.3 is 11.9 Å². The average Bonchev–Trinajstić information content (AvgIpc) is 2.53. The van der Waals surface area contributed by atoms with Crippen molar-refractivity contribution in [2.75, 3.05) is 0 Å². The van der Waals surface area contributed by atoms with Gasteiger partial charge in [0, 0.05) is 12.2 Å². The number of carbonyl (C=O) groups is 2. The Hall–Kier alpha value is -1.32. The molecule has 0 saturated heterocycles. The van der Waals surface area contributed by atoms with Gasteiger partial charge in [-0.3, -0.25) is 0 Å². The maximum Gasteiger partial charge on any atom is 0.331 e. The van der Waals surface area contributed by atoms with Crippen LogP contribution < -0.4 is 0 Å². The van der Waals surface area contributed by atoms with E-state index >= 15 is 0 Å². The predicted octanol–water partition coefficient (Wildman–Crippen LogP) is 4.97. The number of carbonyl (C=O) groups excluding carboxylic acids is 1. The smallest absolute Gasteiger partial charge is 0.331 e. The first-order chi connectivity index (χ1) is 11.3. The standard InChI is InChI=1S/C20H34O4/c1-5-7-15(3)17-10-8-16(9-11-17)14-20(4,6-2)24-19(23)13-12-18(21)22/h12-13,15-17H,5-11,14H2,1-4H3,(H,21,22)/b13-12+. The molecule has 2 atom stereocenters. The minimum atomic E-state index is -1.13. The molecule has 0 aromatic carbocycles. The minimum absolute atomic E-state index is 0.507. The zero-order valence-corrected chi connectivity index (χ0v) is 15.7. The van der Waals surface area contributed by atoms with Gasteiger partial charge in [0.2, 0.25) is 0 Å². The Morgan fingerprint density at radius 3 is 2.33 bits per heavy atom. The number of carboxylic acid groups (broad SMARTS) is 1. The summed E-state index contributed by atoms with van der Waals surface area (Å²) in [4.78, 5) is 22.3. The molecule has 1 N–H and O–H groups in total. The Morgan fingerprint density at radius 2 is 1.83 bits per heavy atom. The van der Waals surface area contributed by atoms with Gasteiger partial charge < -0.3 is 9.84 Å². The van der Waals surface area contributed by atoms with Crippen molar-refractivity contribution in [2.24, 2.45) is 17.8 Å². The van der Waals surface area contributed by atoms with E-state index in [1.165, 1.54) is 38.5 Å². The summed E-state index contributed by atoms with van der Waals surface area (Å²) in [7, 11) is 0. The first kappa shape index (κ1) is 20.7. The average molecular weight is 338 g/mol. The molecule has 1 rings (SSSR count). The molecule has 0 bridgehead atoms. The molecule has 4 heteroatoms. The molecule has 0 aliphatic heterocycles. The lowest BCUT2D eigenvalue weighted by Gasteiger charge is -2.37. The Balaban J connectivity index is 2.50. The van der Waals surface area contributed by atoms with Gasteiger partial charge in [0.25, 0.3) is 0 Å². The van der Waals surface area contributed by atoms with Crippen LogP contribution in [-0.4, -0.2) is 22.6 Å². The molecule has 1 fully saturated rings. The number of rotatable bonds is 9. The molecule has 0 heterocycles. The second-order valence-electron chi connectivity index (χ2n) is 7.65. The van der Waals surface area contributed by atoms with Gasteiger partial charge in [-0.05, 0) is 50.4 Å². The lowest BCUT2D eigenvalue weighted by molar-refractivity contribution is -0.154. The van der Waals surface area contributed by atoms with Crippen LogP contribution in [0, 0.1) is 17.8 Å². The third-order valence-electron chi connectivity index (χ3n) is 5.62. The third kappa shape index (κ3) is 7.06. The summed E-state index contributed by atoms with van der Waals surface area (Å²) in [6.45, 7) is 8.61. The van der Waals surface area contributed by atoms with Gasteiger partial charge in [0.1, 0.15) is 5.60 Å². The van der Waals surface area contributed by atoms with Crippen molar-refractivity contribution in [1.82, 2.24) is 0 Å². The normalized spacial score (nSPS) is 25.2. The summed E-state index contributed by atoms with van der Waals surface area (Å²) in [5.41, 5.74) is -0.507. The van der Waals surface area contributed by atoms with Gasteiger partial charge in [-0.2, -0.15) is 0 Å². The van der Waals surface area contributed by atoms with E-state index in [4.69, 9.17) is 9.84 Å². The van der Waals surface area contributed by atoms with Crippen LogP contribution in [0.25, 0.3) is 0 Å². The summed E-state index contributed by atoms with van der Waals surface area (Å²) in [6.07, 6.45) is 11.0. The fraction of sp³-hybridized carbons (Fsp3) is 0.800. The number of carboxylic acids is 1. The highest BCUT2D eigenvalue weighted by Gasteiger charge is 2.33. The lowest BCUT2D eigenvalue weighted by atomic mass is 9.72. The molecule has 1 aliphatic carbocycles. The quantitative estimate of drug-likeness (QED) is 0.476. The maximum atomic E-state index is 11.8. The second kappa shape index (κ2) is 9.85. The first-order valence-corrected chi connectivity index (χ1v) is 9.43. The van der Waals surface area contributed by atoms with Crippen LogP contribution in [0.5, 0.6) is 0 Å². The number of hydrogen-bond acceptors (Lipinski definition) is 3. The Bertz CT molecular complexity index is 435. The molecule has 0 aromatic rings. The van der Waals surface area contributed by atoms with Crippen LogP contribution in [0.15, 0.2) is 12.2 Å². The van der Waals surface area contributed by atoms with E-state index in [1.54, 1.807) is 0 Å². The Morgan fingerprint density at radius 1 is 1.21 bits per heavy atom. The molecule has 0 spiro atoms. The van der Waals surface area contributed by atoms with Crippen LogP contribution in [0.2, 0.25) is 0 Å². The minimum Gasteiger partial charge on any atom is -0.478 e. The van der Waals surface area contributed by atoms with E-state index in [0.29, 0.717) is 5.92 Å². The monoisotopic (exact) mass is 338 g/mol.